The zero-order valence-electron chi connectivity index (χ0n) is 22.0. The van der Waals surface area contributed by atoms with E-state index < -0.39 is 5.97 Å². The van der Waals surface area contributed by atoms with Gasteiger partial charge >= 0.3 is 5.97 Å². The van der Waals surface area contributed by atoms with Crippen molar-refractivity contribution in [2.24, 2.45) is 5.41 Å². The number of nitriles is 1. The third-order valence-corrected chi connectivity index (χ3v) is 7.18. The lowest BCUT2D eigenvalue weighted by Crippen LogP contribution is -3.12. The molecule has 0 aliphatic carbocycles. The standard InChI is InChI=1S/C29H35N3O5/c1-19(2)36-25-13-21(14-26(24(25)16-30)37-20(3)4)17-31-11-9-29(10-12-31)15-27(33)32(18-29)23-7-5-22(6-8-23)28(34)35/h5-8,13-14,19-20H,9-12,15,17-18H2,1-4H3,(H,34,35)/p+1. The summed E-state index contributed by atoms with van der Waals surface area (Å²) in [6.45, 7) is 11.1. The van der Waals surface area contributed by atoms with E-state index in [9.17, 15) is 14.9 Å². The Hall–Kier alpha value is -3.57. The molecule has 2 saturated heterocycles. The van der Waals surface area contributed by atoms with Crippen molar-refractivity contribution in [1.29, 1.82) is 5.26 Å². The van der Waals surface area contributed by atoms with Crippen LogP contribution in [-0.2, 0) is 11.3 Å². The lowest BCUT2D eigenvalue weighted by atomic mass is 9.77. The van der Waals surface area contributed by atoms with Crippen molar-refractivity contribution in [3.05, 3.63) is 53.1 Å². The molecule has 37 heavy (non-hydrogen) atoms. The molecule has 1 amide bonds. The van der Waals surface area contributed by atoms with Crippen LogP contribution in [0.25, 0.3) is 0 Å². The molecule has 2 aromatic rings. The maximum absolute atomic E-state index is 12.9. The largest absolute Gasteiger partial charge is 0.489 e. The van der Waals surface area contributed by atoms with Gasteiger partial charge in [0.1, 0.15) is 29.7 Å². The van der Waals surface area contributed by atoms with Gasteiger partial charge in [-0.3, -0.25) is 4.79 Å². The van der Waals surface area contributed by atoms with Crippen LogP contribution in [0.2, 0.25) is 0 Å². The van der Waals surface area contributed by atoms with Crippen LogP contribution in [0.4, 0.5) is 5.69 Å². The second kappa shape index (κ2) is 10.8. The number of piperidine rings is 1. The first-order valence-corrected chi connectivity index (χ1v) is 13.0. The minimum Gasteiger partial charge on any atom is -0.489 e. The topological polar surface area (TPSA) is 104 Å². The molecule has 8 heteroatoms. The normalized spacial score (nSPS) is 21.5. The molecule has 0 saturated carbocycles. The van der Waals surface area contributed by atoms with Gasteiger partial charge in [0.2, 0.25) is 5.91 Å². The summed E-state index contributed by atoms with van der Waals surface area (Å²) in [5, 5.41) is 18.9. The van der Waals surface area contributed by atoms with Crippen molar-refractivity contribution < 1.29 is 29.1 Å². The molecule has 0 aromatic heterocycles. The second-order valence-electron chi connectivity index (χ2n) is 10.8. The van der Waals surface area contributed by atoms with Crippen LogP contribution in [0.5, 0.6) is 11.5 Å². The number of likely N-dealkylation sites (tertiary alicyclic amines) is 1. The Kier molecular flexibility index (Phi) is 7.74. The average molecular weight is 507 g/mol. The van der Waals surface area contributed by atoms with E-state index >= 15 is 0 Å². The molecule has 2 aliphatic rings. The fourth-order valence-electron chi connectivity index (χ4n) is 5.40. The number of hydrogen-bond acceptors (Lipinski definition) is 5. The molecule has 196 valence electrons. The number of aromatic carboxylic acids is 1. The van der Waals surface area contributed by atoms with Gasteiger partial charge in [-0.1, -0.05) is 0 Å². The number of ether oxygens (including phenoxy) is 2. The predicted molar refractivity (Wildman–Crippen MR) is 139 cm³/mol. The zero-order chi connectivity index (χ0) is 26.7. The number of nitrogens with one attached hydrogen (secondary N) is 1. The number of carbonyl (C=O) groups excluding carboxylic acids is 1. The lowest BCUT2D eigenvalue weighted by molar-refractivity contribution is -0.921. The van der Waals surface area contributed by atoms with Gasteiger partial charge in [-0.2, -0.15) is 5.26 Å². The van der Waals surface area contributed by atoms with Crippen molar-refractivity contribution in [3.63, 3.8) is 0 Å². The van der Waals surface area contributed by atoms with Crippen molar-refractivity contribution in [2.75, 3.05) is 24.5 Å². The van der Waals surface area contributed by atoms with Crippen molar-refractivity contribution in [3.8, 4) is 17.6 Å². The summed E-state index contributed by atoms with van der Waals surface area (Å²) in [5.41, 5.74) is 2.43. The molecule has 2 fully saturated rings. The Morgan fingerprint density at radius 2 is 1.65 bits per heavy atom. The molecule has 0 unspecified atom stereocenters. The molecule has 4 rings (SSSR count). The first kappa shape index (κ1) is 26.5. The fraction of sp³-hybridized carbons (Fsp3) is 0.483. The zero-order valence-corrected chi connectivity index (χ0v) is 22.0. The van der Waals surface area contributed by atoms with E-state index in [4.69, 9.17) is 14.6 Å². The van der Waals surface area contributed by atoms with Crippen LogP contribution < -0.4 is 19.3 Å². The first-order valence-electron chi connectivity index (χ1n) is 13.0. The third-order valence-electron chi connectivity index (χ3n) is 7.18. The van der Waals surface area contributed by atoms with Gasteiger partial charge in [-0.15, -0.1) is 0 Å². The highest BCUT2D eigenvalue weighted by Crippen LogP contribution is 2.40. The van der Waals surface area contributed by atoms with Gasteiger partial charge in [0.25, 0.3) is 0 Å². The maximum Gasteiger partial charge on any atom is 0.335 e. The summed E-state index contributed by atoms with van der Waals surface area (Å²) in [6.07, 6.45) is 2.30. The van der Waals surface area contributed by atoms with Gasteiger partial charge in [-0.25, -0.2) is 4.79 Å². The molecule has 1 spiro atoms. The van der Waals surface area contributed by atoms with Gasteiger partial charge in [0.05, 0.1) is 30.9 Å². The number of quaternary nitrogens is 1. The Morgan fingerprint density at radius 1 is 1.08 bits per heavy atom. The minimum atomic E-state index is -0.973. The second-order valence-corrected chi connectivity index (χ2v) is 10.8. The molecule has 2 aromatic carbocycles. The number of anilines is 1. The van der Waals surface area contributed by atoms with Crippen molar-refractivity contribution in [2.45, 2.75) is 65.7 Å². The summed E-state index contributed by atoms with van der Waals surface area (Å²) >= 11 is 0. The number of nitrogens with zero attached hydrogens (tertiary/aromatic N) is 2. The summed E-state index contributed by atoms with van der Waals surface area (Å²) < 4.78 is 11.9. The third kappa shape index (κ3) is 6.05. The highest BCUT2D eigenvalue weighted by Gasteiger charge is 2.46. The van der Waals surface area contributed by atoms with E-state index in [1.54, 1.807) is 24.3 Å². The minimum absolute atomic E-state index is 0.0471. The first-order chi connectivity index (χ1) is 17.6. The van der Waals surface area contributed by atoms with Crippen molar-refractivity contribution in [1.82, 2.24) is 0 Å². The number of amides is 1. The summed E-state index contributed by atoms with van der Waals surface area (Å²) in [4.78, 5) is 27.3. The Labute approximate surface area is 218 Å². The number of carboxylic acid groups (broad SMARTS) is 1. The Balaban J connectivity index is 1.44. The predicted octanol–water partition coefficient (Wildman–Crippen LogP) is 3.43. The van der Waals surface area contributed by atoms with E-state index in [-0.39, 0.29) is 29.1 Å². The van der Waals surface area contributed by atoms with Crippen LogP contribution in [0, 0.1) is 16.7 Å². The van der Waals surface area contributed by atoms with Gasteiger partial charge in [0, 0.05) is 42.5 Å². The quantitative estimate of drug-likeness (QED) is 0.569. The number of benzene rings is 2. The highest BCUT2D eigenvalue weighted by molar-refractivity contribution is 5.97. The number of carboxylic acids is 1. The highest BCUT2D eigenvalue weighted by atomic mass is 16.5. The molecule has 0 atom stereocenters. The van der Waals surface area contributed by atoms with Crippen LogP contribution in [0.3, 0.4) is 0 Å². The van der Waals surface area contributed by atoms with E-state index in [1.807, 2.05) is 44.7 Å². The van der Waals surface area contributed by atoms with E-state index in [2.05, 4.69) is 6.07 Å². The van der Waals surface area contributed by atoms with Crippen LogP contribution in [0.15, 0.2) is 36.4 Å². The Morgan fingerprint density at radius 3 is 2.14 bits per heavy atom. The van der Waals surface area contributed by atoms with Gasteiger partial charge in [-0.05, 0) is 64.1 Å². The maximum atomic E-state index is 12.9. The number of rotatable bonds is 8. The molecule has 2 N–H and O–H groups in total. The van der Waals surface area contributed by atoms with Gasteiger partial charge in [0.15, 0.2) is 0 Å². The molecule has 2 heterocycles. The Bertz CT molecular complexity index is 1160. The van der Waals surface area contributed by atoms with Gasteiger partial charge < -0.3 is 24.4 Å². The molecular weight excluding hydrogens is 470 g/mol. The molecule has 2 aliphatic heterocycles. The van der Waals surface area contributed by atoms with Crippen LogP contribution in [-0.4, -0.2) is 48.8 Å². The van der Waals surface area contributed by atoms with E-state index in [1.165, 1.54) is 4.90 Å². The molecular formula is C29H36N3O5+. The van der Waals surface area contributed by atoms with Crippen molar-refractivity contribution >= 4 is 17.6 Å². The lowest BCUT2D eigenvalue weighted by Gasteiger charge is -2.36. The summed E-state index contributed by atoms with van der Waals surface area (Å²) in [5.74, 6) is 0.248. The SMILES string of the molecule is CC(C)Oc1cc(C[NH+]2CCC3(CC2)CC(=O)N(c2ccc(C(=O)O)cc2)C3)cc(OC(C)C)c1C#N. The molecule has 0 radical (unpaired) electrons. The smallest absolute Gasteiger partial charge is 0.335 e. The average Bonchev–Trinajstić information content (AvgIpc) is 3.15. The summed E-state index contributed by atoms with van der Waals surface area (Å²) in [6, 6.07) is 12.7. The molecule has 8 nitrogen and oxygen atoms in total. The monoisotopic (exact) mass is 506 g/mol. The molecule has 0 bridgehead atoms. The number of hydrogen-bond donors (Lipinski definition) is 2. The fourth-order valence-corrected chi connectivity index (χ4v) is 5.40. The summed E-state index contributed by atoms with van der Waals surface area (Å²) in [7, 11) is 0. The van der Waals surface area contributed by atoms with Crippen LogP contribution >= 0.6 is 0 Å². The van der Waals surface area contributed by atoms with Crippen LogP contribution in [0.1, 0.15) is 68.4 Å². The number of carbonyl (C=O) groups is 2. The van der Waals surface area contributed by atoms with E-state index in [0.29, 0.717) is 30.0 Å². The van der Waals surface area contributed by atoms with E-state index in [0.717, 1.165) is 43.7 Å².